The number of hydrogen-bond acceptors (Lipinski definition) is 4. The molecule has 0 aromatic heterocycles. The Kier molecular flexibility index (Phi) is 4.65. The average molecular weight is 326 g/mol. The highest BCUT2D eigenvalue weighted by atomic mass is 16.5. The van der Waals surface area contributed by atoms with Crippen molar-refractivity contribution in [2.45, 2.75) is 6.42 Å². The van der Waals surface area contributed by atoms with Crippen LogP contribution in [0.1, 0.15) is 27.1 Å². The zero-order valence-corrected chi connectivity index (χ0v) is 13.3. The highest BCUT2D eigenvalue weighted by molar-refractivity contribution is 6.09. The molecule has 2 aromatic carbocycles. The summed E-state index contributed by atoms with van der Waals surface area (Å²) >= 11 is 0. The van der Waals surface area contributed by atoms with Gasteiger partial charge in [-0.25, -0.2) is 0 Å². The molecule has 1 heterocycles. The summed E-state index contributed by atoms with van der Waals surface area (Å²) in [6.45, 7) is 1.15. The first-order valence-electron chi connectivity index (χ1n) is 7.71. The summed E-state index contributed by atoms with van der Waals surface area (Å²) in [4.78, 5) is 24.4. The molecule has 2 N–H and O–H groups in total. The Balaban J connectivity index is 1.83. The molecule has 6 heteroatoms. The number of anilines is 1. The molecule has 0 saturated carbocycles. The highest BCUT2D eigenvalue weighted by Gasteiger charge is 2.16. The zero-order valence-electron chi connectivity index (χ0n) is 13.3. The molecule has 24 heavy (non-hydrogen) atoms. The smallest absolute Gasteiger partial charge is 0.255 e. The molecule has 0 saturated heterocycles. The summed E-state index contributed by atoms with van der Waals surface area (Å²) in [7, 11) is 1.55. The highest BCUT2D eigenvalue weighted by Crippen LogP contribution is 2.30. The van der Waals surface area contributed by atoms with E-state index in [1.165, 1.54) is 0 Å². The van der Waals surface area contributed by atoms with E-state index in [-0.39, 0.29) is 11.8 Å². The van der Waals surface area contributed by atoms with Crippen LogP contribution in [0.3, 0.4) is 0 Å². The van der Waals surface area contributed by atoms with Crippen LogP contribution in [0, 0.1) is 0 Å². The molecule has 2 aromatic rings. The normalized spacial score (nSPS) is 12.9. The topological polar surface area (TPSA) is 76.7 Å². The molecular formula is C18H18N2O4. The van der Waals surface area contributed by atoms with E-state index in [1.807, 2.05) is 0 Å². The minimum Gasteiger partial charge on any atom is -0.490 e. The van der Waals surface area contributed by atoms with Gasteiger partial charge in [0.05, 0.1) is 24.5 Å². The van der Waals surface area contributed by atoms with E-state index in [1.54, 1.807) is 49.5 Å². The Labute approximate surface area is 139 Å². The molecule has 3 rings (SSSR count). The first-order valence-corrected chi connectivity index (χ1v) is 7.71. The standard InChI is InChI=1S/C18H18N2O4/c1-19-18(22)13-5-2-3-6-14(13)20-17(21)12-7-8-15-16(11-12)24-10-4-9-23-15/h2-3,5-8,11H,4,9-10H2,1H3,(H,19,22)(H,20,21). The Morgan fingerprint density at radius 2 is 1.71 bits per heavy atom. The molecule has 0 spiro atoms. The van der Waals surface area contributed by atoms with Crippen molar-refractivity contribution in [3.05, 3.63) is 53.6 Å². The number of carbonyl (C=O) groups excluding carboxylic acids is 2. The first kappa shape index (κ1) is 15.9. The quantitative estimate of drug-likeness (QED) is 0.908. The summed E-state index contributed by atoms with van der Waals surface area (Å²) in [6.07, 6.45) is 0.801. The van der Waals surface area contributed by atoms with Gasteiger partial charge in [0.15, 0.2) is 11.5 Å². The molecule has 1 aliphatic rings. The van der Waals surface area contributed by atoms with Crippen molar-refractivity contribution in [3.63, 3.8) is 0 Å². The van der Waals surface area contributed by atoms with Crippen LogP contribution < -0.4 is 20.1 Å². The lowest BCUT2D eigenvalue weighted by atomic mass is 10.1. The summed E-state index contributed by atoms with van der Waals surface area (Å²) in [6, 6.07) is 11.9. The molecule has 0 atom stereocenters. The Morgan fingerprint density at radius 1 is 0.958 bits per heavy atom. The van der Waals surface area contributed by atoms with E-state index < -0.39 is 0 Å². The monoisotopic (exact) mass is 326 g/mol. The number of fused-ring (bicyclic) bond motifs is 1. The maximum Gasteiger partial charge on any atom is 0.255 e. The number of amides is 2. The van der Waals surface area contributed by atoms with Gasteiger partial charge in [-0.15, -0.1) is 0 Å². The van der Waals surface area contributed by atoms with Crippen LogP contribution in [-0.2, 0) is 0 Å². The van der Waals surface area contributed by atoms with Gasteiger partial charge in [-0.1, -0.05) is 12.1 Å². The third-order valence-electron chi connectivity index (χ3n) is 3.66. The first-order chi connectivity index (χ1) is 11.7. The van der Waals surface area contributed by atoms with Gasteiger partial charge < -0.3 is 20.1 Å². The van der Waals surface area contributed by atoms with Crippen LogP contribution in [0.15, 0.2) is 42.5 Å². The van der Waals surface area contributed by atoms with Gasteiger partial charge >= 0.3 is 0 Å². The molecule has 1 aliphatic heterocycles. The molecule has 0 unspecified atom stereocenters. The number of para-hydroxylation sites is 1. The predicted molar refractivity (Wildman–Crippen MR) is 89.8 cm³/mol. The second-order valence-electron chi connectivity index (χ2n) is 5.29. The van der Waals surface area contributed by atoms with Gasteiger partial charge in [0.25, 0.3) is 11.8 Å². The molecule has 2 amide bonds. The van der Waals surface area contributed by atoms with E-state index in [0.717, 1.165) is 6.42 Å². The van der Waals surface area contributed by atoms with Gasteiger partial charge in [0, 0.05) is 19.0 Å². The van der Waals surface area contributed by atoms with Crippen LogP contribution in [0.5, 0.6) is 11.5 Å². The van der Waals surface area contributed by atoms with Crippen LogP contribution in [0.25, 0.3) is 0 Å². The van der Waals surface area contributed by atoms with E-state index >= 15 is 0 Å². The van der Waals surface area contributed by atoms with Crippen molar-refractivity contribution in [1.82, 2.24) is 5.32 Å². The molecular weight excluding hydrogens is 308 g/mol. The summed E-state index contributed by atoms with van der Waals surface area (Å²) in [5, 5.41) is 5.32. The largest absolute Gasteiger partial charge is 0.490 e. The molecule has 124 valence electrons. The van der Waals surface area contributed by atoms with Crippen molar-refractivity contribution in [2.75, 3.05) is 25.6 Å². The van der Waals surface area contributed by atoms with E-state index in [2.05, 4.69) is 10.6 Å². The number of ether oxygens (including phenoxy) is 2. The van der Waals surface area contributed by atoms with Gasteiger partial charge in [0.2, 0.25) is 0 Å². The fourth-order valence-corrected chi connectivity index (χ4v) is 2.42. The van der Waals surface area contributed by atoms with Crippen molar-refractivity contribution < 1.29 is 19.1 Å². The molecule has 0 bridgehead atoms. The fraction of sp³-hybridized carbons (Fsp3) is 0.222. The van der Waals surface area contributed by atoms with Crippen LogP contribution in [0.2, 0.25) is 0 Å². The van der Waals surface area contributed by atoms with Crippen LogP contribution >= 0.6 is 0 Å². The summed E-state index contributed by atoms with van der Waals surface area (Å²) in [5.74, 6) is 0.612. The van der Waals surface area contributed by atoms with Crippen molar-refractivity contribution in [1.29, 1.82) is 0 Å². The van der Waals surface area contributed by atoms with Crippen molar-refractivity contribution >= 4 is 17.5 Å². The molecule has 0 aliphatic carbocycles. The Bertz CT molecular complexity index is 773. The lowest BCUT2D eigenvalue weighted by molar-refractivity contribution is 0.0964. The zero-order chi connectivity index (χ0) is 16.9. The van der Waals surface area contributed by atoms with E-state index in [4.69, 9.17) is 9.47 Å². The minimum atomic E-state index is -0.318. The van der Waals surface area contributed by atoms with Gasteiger partial charge in [-0.3, -0.25) is 9.59 Å². The van der Waals surface area contributed by atoms with E-state index in [0.29, 0.717) is 41.5 Å². The average Bonchev–Trinajstić information content (AvgIpc) is 2.86. The predicted octanol–water partition coefficient (Wildman–Crippen LogP) is 2.46. The summed E-state index contributed by atoms with van der Waals surface area (Å²) < 4.78 is 11.2. The van der Waals surface area contributed by atoms with Gasteiger partial charge in [-0.05, 0) is 30.3 Å². The van der Waals surface area contributed by atoms with Gasteiger partial charge in [-0.2, -0.15) is 0 Å². The SMILES string of the molecule is CNC(=O)c1ccccc1NC(=O)c1ccc2c(c1)OCCCO2. The van der Waals surface area contributed by atoms with E-state index in [9.17, 15) is 9.59 Å². The Hall–Kier alpha value is -3.02. The lowest BCUT2D eigenvalue weighted by Crippen LogP contribution is -2.21. The van der Waals surface area contributed by atoms with Crippen LogP contribution in [0.4, 0.5) is 5.69 Å². The number of carbonyl (C=O) groups is 2. The Morgan fingerprint density at radius 3 is 2.50 bits per heavy atom. The maximum absolute atomic E-state index is 12.5. The maximum atomic E-state index is 12.5. The lowest BCUT2D eigenvalue weighted by Gasteiger charge is -2.12. The third-order valence-corrected chi connectivity index (χ3v) is 3.66. The molecule has 0 fully saturated rings. The third kappa shape index (κ3) is 3.32. The number of nitrogens with one attached hydrogen (secondary N) is 2. The minimum absolute atomic E-state index is 0.260. The van der Waals surface area contributed by atoms with Crippen LogP contribution in [-0.4, -0.2) is 32.1 Å². The number of rotatable bonds is 3. The summed E-state index contributed by atoms with van der Waals surface area (Å²) in [5.41, 5.74) is 1.29. The molecule has 0 radical (unpaired) electrons. The second-order valence-corrected chi connectivity index (χ2v) is 5.29. The fourth-order valence-electron chi connectivity index (χ4n) is 2.42. The van der Waals surface area contributed by atoms with Crippen molar-refractivity contribution in [2.24, 2.45) is 0 Å². The van der Waals surface area contributed by atoms with Crippen molar-refractivity contribution in [3.8, 4) is 11.5 Å². The molecule has 6 nitrogen and oxygen atoms in total. The second kappa shape index (κ2) is 7.04. The number of benzene rings is 2. The number of hydrogen-bond donors (Lipinski definition) is 2. The van der Waals surface area contributed by atoms with Gasteiger partial charge in [0.1, 0.15) is 0 Å².